The van der Waals surface area contributed by atoms with Crippen LogP contribution < -0.4 is 9.49 Å². The van der Waals surface area contributed by atoms with Gasteiger partial charge in [0.05, 0.1) is 12.7 Å². The third kappa shape index (κ3) is 6.16. The monoisotopic (exact) mass is 532 g/mol. The molecule has 11 heteroatoms. The molecule has 0 N–H and O–H groups in total. The van der Waals surface area contributed by atoms with Crippen LogP contribution in [0.1, 0.15) is 50.0 Å². The summed E-state index contributed by atoms with van der Waals surface area (Å²) in [7, 11) is -4.19. The number of hydrogen-bond donors (Lipinski definition) is 0. The molecule has 0 saturated carbocycles. The van der Waals surface area contributed by atoms with Crippen LogP contribution in [-0.2, 0) is 30.8 Å². The van der Waals surface area contributed by atoms with Crippen molar-refractivity contribution in [1.29, 1.82) is 0 Å². The number of hydrogen-bond acceptors (Lipinski definition) is 6. The first-order valence-corrected chi connectivity index (χ1v) is 13.5. The summed E-state index contributed by atoms with van der Waals surface area (Å²) >= 11 is 0. The Bertz CT molecular complexity index is 1220. The Balaban J connectivity index is 2.33. The fourth-order valence-electron chi connectivity index (χ4n) is 3.89. The van der Waals surface area contributed by atoms with E-state index in [2.05, 4.69) is 4.18 Å². The van der Waals surface area contributed by atoms with E-state index in [1.54, 1.807) is 33.8 Å². The standard InChI is InChI=1S/C24H28F3O6PS/c1-14-8-10-17(33-35(29,30)24(25,26)27)20(16-9-11-18-15(13-16)7-6-12-34-18)19(14)21(22(28)31-5)32-23(2,3)4/h8-11,13,21,34H,6-7,12H2,1-5H3. The number of methoxy groups -OCH3 is 1. The molecule has 1 aliphatic heterocycles. The SMILES string of the molecule is COC(=O)C(OC(C)(C)C)c1c(C)ccc(OS(=O)(=O)C(F)(F)F)c1-c1ccc2c(c1)CCCP2. The van der Waals surface area contributed by atoms with Crippen LogP contribution in [0.15, 0.2) is 30.3 Å². The number of esters is 1. The molecule has 2 atom stereocenters. The van der Waals surface area contributed by atoms with Crippen molar-refractivity contribution in [3.63, 3.8) is 0 Å². The number of alkyl halides is 3. The van der Waals surface area contributed by atoms with Crippen LogP contribution in [0.5, 0.6) is 5.75 Å². The smallest absolute Gasteiger partial charge is 0.467 e. The van der Waals surface area contributed by atoms with Gasteiger partial charge in [-0.3, -0.25) is 0 Å². The van der Waals surface area contributed by atoms with Crippen LogP contribution in [0.25, 0.3) is 11.1 Å². The van der Waals surface area contributed by atoms with Crippen LogP contribution >= 0.6 is 8.58 Å². The lowest BCUT2D eigenvalue weighted by molar-refractivity contribution is -0.164. The fourth-order valence-corrected chi connectivity index (χ4v) is 5.61. The number of halogens is 3. The second-order valence-corrected chi connectivity index (χ2v) is 12.1. The van der Waals surface area contributed by atoms with E-state index < -0.39 is 39.1 Å². The first-order valence-electron chi connectivity index (χ1n) is 10.9. The molecule has 0 aromatic heterocycles. The molecule has 0 saturated heterocycles. The maximum Gasteiger partial charge on any atom is 0.534 e. The molecular formula is C24H28F3O6PS. The zero-order chi connectivity index (χ0) is 26.2. The molecule has 0 aliphatic carbocycles. The zero-order valence-corrected chi connectivity index (χ0v) is 21.9. The van der Waals surface area contributed by atoms with Gasteiger partial charge in [-0.2, -0.15) is 21.6 Å². The molecule has 2 aromatic carbocycles. The lowest BCUT2D eigenvalue weighted by atomic mass is 9.90. The molecule has 0 amide bonds. The Morgan fingerprint density at radius 3 is 2.40 bits per heavy atom. The molecule has 6 nitrogen and oxygen atoms in total. The van der Waals surface area contributed by atoms with Crippen molar-refractivity contribution in [2.24, 2.45) is 0 Å². The highest BCUT2D eigenvalue weighted by Gasteiger charge is 2.49. The molecule has 2 unspecified atom stereocenters. The van der Waals surface area contributed by atoms with E-state index in [-0.39, 0.29) is 11.1 Å². The highest BCUT2D eigenvalue weighted by Crippen LogP contribution is 2.43. The summed E-state index contributed by atoms with van der Waals surface area (Å²) in [5.74, 6) is -1.33. The van der Waals surface area contributed by atoms with Crippen molar-refractivity contribution < 1.29 is 40.0 Å². The molecular weight excluding hydrogens is 504 g/mol. The van der Waals surface area contributed by atoms with Gasteiger partial charge in [0.15, 0.2) is 11.9 Å². The van der Waals surface area contributed by atoms with Crippen LogP contribution in [0.2, 0.25) is 0 Å². The number of ether oxygens (including phenoxy) is 2. The predicted octanol–water partition coefficient (Wildman–Crippen LogP) is 5.17. The van der Waals surface area contributed by atoms with Crippen molar-refractivity contribution in [2.45, 2.75) is 57.7 Å². The first kappa shape index (κ1) is 27.4. The maximum atomic E-state index is 13.2. The molecule has 3 rings (SSSR count). The Labute approximate surface area is 205 Å². The van der Waals surface area contributed by atoms with Crippen molar-refractivity contribution in [3.8, 4) is 16.9 Å². The predicted molar refractivity (Wildman–Crippen MR) is 129 cm³/mol. The highest BCUT2D eigenvalue weighted by molar-refractivity contribution is 7.88. The van der Waals surface area contributed by atoms with Gasteiger partial charge in [0.2, 0.25) is 0 Å². The minimum Gasteiger partial charge on any atom is -0.467 e. The topological polar surface area (TPSA) is 78.9 Å². The normalized spacial score (nSPS) is 16.0. The number of benzene rings is 2. The van der Waals surface area contributed by atoms with Crippen LogP contribution in [0.3, 0.4) is 0 Å². The third-order valence-corrected chi connectivity index (χ3v) is 7.83. The average Bonchev–Trinajstić information content (AvgIpc) is 2.76. The summed E-state index contributed by atoms with van der Waals surface area (Å²) in [5.41, 5.74) is -4.31. The second kappa shape index (κ2) is 10.1. The number of aryl methyl sites for hydroxylation is 2. The van der Waals surface area contributed by atoms with E-state index in [0.717, 1.165) is 35.9 Å². The Morgan fingerprint density at radius 1 is 1.11 bits per heavy atom. The maximum absolute atomic E-state index is 13.2. The number of carbonyl (C=O) groups is 1. The molecule has 0 bridgehead atoms. The molecule has 0 radical (unpaired) electrons. The lowest BCUT2D eigenvalue weighted by Gasteiger charge is -2.29. The fraction of sp³-hybridized carbons (Fsp3) is 0.458. The quantitative estimate of drug-likeness (QED) is 0.221. The number of rotatable bonds is 6. The summed E-state index contributed by atoms with van der Waals surface area (Å²) in [6, 6.07) is 7.95. The Morgan fingerprint density at radius 2 is 1.80 bits per heavy atom. The van der Waals surface area contributed by atoms with Gasteiger partial charge in [-0.25, -0.2) is 4.79 Å². The van der Waals surface area contributed by atoms with Crippen LogP contribution in [-0.4, -0.2) is 38.8 Å². The molecule has 35 heavy (non-hydrogen) atoms. The first-order chi connectivity index (χ1) is 16.1. The largest absolute Gasteiger partial charge is 0.534 e. The minimum atomic E-state index is -5.97. The van der Waals surface area contributed by atoms with Gasteiger partial charge in [-0.15, -0.1) is 0 Å². The van der Waals surface area contributed by atoms with E-state index in [1.807, 2.05) is 12.1 Å². The summed E-state index contributed by atoms with van der Waals surface area (Å²) in [6.45, 7) is 6.80. The van der Waals surface area contributed by atoms with E-state index in [1.165, 1.54) is 13.2 Å². The Kier molecular flexibility index (Phi) is 7.89. The van der Waals surface area contributed by atoms with Crippen LogP contribution in [0, 0.1) is 6.92 Å². The summed E-state index contributed by atoms with van der Waals surface area (Å²) in [6.07, 6.45) is 1.47. The number of fused-ring (bicyclic) bond motifs is 1. The van der Waals surface area contributed by atoms with Gasteiger partial charge in [0.25, 0.3) is 0 Å². The molecule has 2 aromatic rings. The van der Waals surface area contributed by atoms with Crippen LogP contribution in [0.4, 0.5) is 13.2 Å². The average molecular weight is 533 g/mol. The van der Waals surface area contributed by atoms with E-state index in [0.29, 0.717) is 19.7 Å². The van der Waals surface area contributed by atoms with Gasteiger partial charge in [-0.1, -0.05) is 32.8 Å². The minimum absolute atomic E-state index is 0.0363. The lowest BCUT2D eigenvalue weighted by Crippen LogP contribution is -2.30. The van der Waals surface area contributed by atoms with Crippen molar-refractivity contribution in [3.05, 3.63) is 47.0 Å². The molecule has 192 valence electrons. The summed E-state index contributed by atoms with van der Waals surface area (Å²) < 4.78 is 79.1. The summed E-state index contributed by atoms with van der Waals surface area (Å²) in [5, 5.41) is 1.15. The Hall–Kier alpha value is -2.16. The van der Waals surface area contributed by atoms with Crippen molar-refractivity contribution in [2.75, 3.05) is 13.3 Å². The van der Waals surface area contributed by atoms with Gasteiger partial charge < -0.3 is 13.7 Å². The number of carbonyl (C=O) groups excluding carboxylic acids is 1. The van der Waals surface area contributed by atoms with Crippen molar-refractivity contribution in [1.82, 2.24) is 0 Å². The van der Waals surface area contributed by atoms with E-state index >= 15 is 0 Å². The van der Waals surface area contributed by atoms with Crippen molar-refractivity contribution >= 4 is 30.0 Å². The third-order valence-electron chi connectivity index (χ3n) is 5.39. The molecule has 1 heterocycles. The van der Waals surface area contributed by atoms with Gasteiger partial charge >= 0.3 is 21.6 Å². The zero-order valence-electron chi connectivity index (χ0n) is 20.1. The van der Waals surface area contributed by atoms with E-state index in [4.69, 9.17) is 9.47 Å². The van der Waals surface area contributed by atoms with Gasteiger partial charge in [0, 0.05) is 11.1 Å². The highest BCUT2D eigenvalue weighted by atomic mass is 32.2. The summed E-state index contributed by atoms with van der Waals surface area (Å²) in [4.78, 5) is 12.8. The van der Waals surface area contributed by atoms with Gasteiger partial charge in [-0.05, 0) is 74.8 Å². The molecule has 0 fully saturated rings. The van der Waals surface area contributed by atoms with E-state index in [9.17, 15) is 26.4 Å². The van der Waals surface area contributed by atoms with Gasteiger partial charge in [0.1, 0.15) is 0 Å². The molecule has 0 spiro atoms. The second-order valence-electron chi connectivity index (χ2n) is 9.19. The molecule has 1 aliphatic rings.